The molecular formula is C13H19ClN4S2. The molecule has 0 aliphatic carbocycles. The van der Waals surface area contributed by atoms with Crippen LogP contribution in [0.5, 0.6) is 0 Å². The molecule has 0 radical (unpaired) electrons. The molecule has 2 rings (SSSR count). The van der Waals surface area contributed by atoms with E-state index in [1.165, 1.54) is 17.7 Å². The lowest BCUT2D eigenvalue weighted by molar-refractivity contribution is 0.431. The Morgan fingerprint density at radius 2 is 2.40 bits per heavy atom. The molecule has 0 spiro atoms. The van der Waals surface area contributed by atoms with E-state index in [0.29, 0.717) is 5.92 Å². The number of nitrogens with one attached hydrogen (secondary N) is 1. The van der Waals surface area contributed by atoms with Crippen molar-refractivity contribution in [2.75, 3.05) is 13.1 Å². The molecule has 1 aliphatic rings. The summed E-state index contributed by atoms with van der Waals surface area (Å²) < 4.78 is 5.21. The number of guanidine groups is 1. The second-order valence-electron chi connectivity index (χ2n) is 4.49. The number of hydrogen-bond acceptors (Lipinski definition) is 4. The summed E-state index contributed by atoms with van der Waals surface area (Å²) >= 11 is 9.02. The van der Waals surface area contributed by atoms with Crippen molar-refractivity contribution < 1.29 is 0 Å². The van der Waals surface area contributed by atoms with Crippen LogP contribution in [0.25, 0.3) is 0 Å². The lowest BCUT2D eigenvalue weighted by atomic mass is 10.0. The third-order valence-electron chi connectivity index (χ3n) is 3.10. The monoisotopic (exact) mass is 330 g/mol. The molecule has 4 nitrogen and oxygen atoms in total. The topological polar surface area (TPSA) is 40.0 Å². The average Bonchev–Trinajstić information content (AvgIpc) is 3.00. The van der Waals surface area contributed by atoms with Crippen molar-refractivity contribution in [2.24, 2.45) is 16.0 Å². The average molecular weight is 331 g/mol. The van der Waals surface area contributed by atoms with Gasteiger partial charge in [0.15, 0.2) is 0 Å². The highest BCUT2D eigenvalue weighted by Gasteiger charge is 2.25. The lowest BCUT2D eigenvalue weighted by Gasteiger charge is -2.18. The van der Waals surface area contributed by atoms with Gasteiger partial charge in [0, 0.05) is 18.2 Å². The zero-order valence-electron chi connectivity index (χ0n) is 11.9. The van der Waals surface area contributed by atoms with Gasteiger partial charge in [-0.25, -0.2) is 5.01 Å². The summed E-state index contributed by atoms with van der Waals surface area (Å²) in [6.07, 6.45) is 1.11. The molecular weight excluding hydrogens is 312 g/mol. The quantitative estimate of drug-likeness (QED) is 0.513. The molecule has 0 aromatic carbocycles. The molecule has 0 fully saturated rings. The summed E-state index contributed by atoms with van der Waals surface area (Å²) in [5.41, 5.74) is 1.18. The number of aliphatic imine (C=N–C) groups is 1. The van der Waals surface area contributed by atoms with E-state index in [2.05, 4.69) is 28.7 Å². The third kappa shape index (κ3) is 3.90. The van der Waals surface area contributed by atoms with Crippen LogP contribution >= 0.6 is 34.9 Å². The number of hydrazone groups is 1. The number of thiophene rings is 1. The Labute approximate surface area is 133 Å². The van der Waals surface area contributed by atoms with E-state index in [-0.39, 0.29) is 0 Å². The van der Waals surface area contributed by atoms with Gasteiger partial charge in [0.1, 0.15) is 0 Å². The summed E-state index contributed by atoms with van der Waals surface area (Å²) in [5.74, 6) is 1.34. The maximum absolute atomic E-state index is 5.94. The van der Waals surface area contributed by atoms with Crippen LogP contribution in [0.2, 0.25) is 4.34 Å². The minimum atomic E-state index is 0.528. The van der Waals surface area contributed by atoms with Crippen LogP contribution in [0.1, 0.15) is 27.2 Å². The van der Waals surface area contributed by atoms with Gasteiger partial charge >= 0.3 is 0 Å². The van der Waals surface area contributed by atoms with Crippen molar-refractivity contribution in [1.29, 1.82) is 0 Å². The number of halogens is 1. The Bertz CT molecular complexity index is 512. The molecule has 7 heteroatoms. The van der Waals surface area contributed by atoms with E-state index >= 15 is 0 Å². The van der Waals surface area contributed by atoms with Crippen molar-refractivity contribution in [3.8, 4) is 0 Å². The molecule has 0 amide bonds. The molecule has 0 saturated carbocycles. The predicted octanol–water partition coefficient (Wildman–Crippen LogP) is 4.09. The van der Waals surface area contributed by atoms with Gasteiger partial charge in [0.2, 0.25) is 5.96 Å². The predicted molar refractivity (Wildman–Crippen MR) is 89.9 cm³/mol. The van der Waals surface area contributed by atoms with E-state index in [9.17, 15) is 0 Å². The Morgan fingerprint density at radius 1 is 1.60 bits per heavy atom. The van der Waals surface area contributed by atoms with Gasteiger partial charge in [-0.05, 0) is 44.3 Å². The molecule has 1 N–H and O–H groups in total. The molecule has 1 aliphatic heterocycles. The van der Waals surface area contributed by atoms with E-state index in [4.69, 9.17) is 11.6 Å². The minimum Gasteiger partial charge on any atom is -0.294 e. The summed E-state index contributed by atoms with van der Waals surface area (Å²) in [6.45, 7) is 7.94. The zero-order chi connectivity index (χ0) is 14.5. The van der Waals surface area contributed by atoms with Gasteiger partial charge in [-0.15, -0.1) is 11.3 Å². The summed E-state index contributed by atoms with van der Waals surface area (Å²) in [4.78, 5) is 4.51. The summed E-state index contributed by atoms with van der Waals surface area (Å²) in [6, 6.07) is 3.90. The van der Waals surface area contributed by atoms with Crippen LogP contribution in [-0.2, 0) is 0 Å². The van der Waals surface area contributed by atoms with Gasteiger partial charge in [0.25, 0.3) is 0 Å². The summed E-state index contributed by atoms with van der Waals surface area (Å²) in [7, 11) is 0. The normalized spacial score (nSPS) is 19.4. The fourth-order valence-electron chi connectivity index (χ4n) is 1.98. The molecule has 2 heterocycles. The first-order valence-corrected chi connectivity index (χ1v) is 8.70. The Balaban J connectivity index is 2.00. The Kier molecular flexibility index (Phi) is 5.74. The van der Waals surface area contributed by atoms with Crippen LogP contribution in [0.4, 0.5) is 0 Å². The fourth-order valence-corrected chi connectivity index (χ4v) is 3.95. The highest BCUT2D eigenvalue weighted by Crippen LogP contribution is 2.29. The first-order valence-electron chi connectivity index (χ1n) is 6.69. The number of rotatable bonds is 4. The molecule has 1 aromatic rings. The van der Waals surface area contributed by atoms with E-state index in [1.807, 2.05) is 24.1 Å². The molecule has 1 unspecified atom stereocenters. The second-order valence-corrected chi connectivity index (χ2v) is 7.31. The van der Waals surface area contributed by atoms with Crippen LogP contribution in [0, 0.1) is 5.92 Å². The zero-order valence-corrected chi connectivity index (χ0v) is 14.3. The van der Waals surface area contributed by atoms with Crippen LogP contribution in [0.3, 0.4) is 0 Å². The van der Waals surface area contributed by atoms with Gasteiger partial charge in [-0.2, -0.15) is 5.10 Å². The molecule has 0 saturated heterocycles. The maximum Gasteiger partial charge on any atom is 0.225 e. The minimum absolute atomic E-state index is 0.528. The van der Waals surface area contributed by atoms with Crippen molar-refractivity contribution in [2.45, 2.75) is 31.4 Å². The number of hydrogen-bond donors (Lipinski definition) is 1. The molecule has 0 bridgehead atoms. The first-order chi connectivity index (χ1) is 9.63. The van der Waals surface area contributed by atoms with Crippen molar-refractivity contribution >= 4 is 46.6 Å². The standard InChI is InChI=1S/C13H19ClN4S2/c1-4-10-8-18(16-9(10)3)13(15-5-2)17-20-12-7-6-11(14)19-12/h6-7,10H,4-5,8H2,1-3H3,(H,15,17). The van der Waals surface area contributed by atoms with Gasteiger partial charge < -0.3 is 0 Å². The van der Waals surface area contributed by atoms with Gasteiger partial charge in [0.05, 0.1) is 15.1 Å². The Hall–Kier alpha value is -0.720. The van der Waals surface area contributed by atoms with Gasteiger partial charge in [-0.1, -0.05) is 18.5 Å². The second kappa shape index (κ2) is 7.33. The van der Waals surface area contributed by atoms with E-state index in [1.54, 1.807) is 11.3 Å². The van der Waals surface area contributed by atoms with Crippen molar-refractivity contribution in [3.63, 3.8) is 0 Å². The van der Waals surface area contributed by atoms with E-state index in [0.717, 1.165) is 34.0 Å². The fraction of sp³-hybridized carbons (Fsp3) is 0.538. The molecule has 110 valence electrons. The highest BCUT2D eigenvalue weighted by atomic mass is 35.5. The highest BCUT2D eigenvalue weighted by molar-refractivity contribution is 7.99. The van der Waals surface area contributed by atoms with Crippen LogP contribution < -0.4 is 4.72 Å². The lowest BCUT2D eigenvalue weighted by Crippen LogP contribution is -2.34. The number of nitrogens with zero attached hydrogens (tertiary/aromatic N) is 3. The SMILES string of the molecule is CCN=C(NSc1ccc(Cl)s1)N1CC(CC)C(C)=N1. The Morgan fingerprint density at radius 3 is 2.95 bits per heavy atom. The van der Waals surface area contributed by atoms with Crippen molar-refractivity contribution in [1.82, 2.24) is 9.73 Å². The smallest absolute Gasteiger partial charge is 0.225 e. The summed E-state index contributed by atoms with van der Waals surface area (Å²) in [5, 5.41) is 6.57. The molecule has 1 aromatic heterocycles. The maximum atomic E-state index is 5.94. The van der Waals surface area contributed by atoms with Crippen LogP contribution in [0.15, 0.2) is 26.4 Å². The third-order valence-corrected chi connectivity index (χ3v) is 5.25. The van der Waals surface area contributed by atoms with Crippen molar-refractivity contribution in [3.05, 3.63) is 16.5 Å². The van der Waals surface area contributed by atoms with E-state index < -0.39 is 0 Å². The molecule has 20 heavy (non-hydrogen) atoms. The molecule has 1 atom stereocenters. The first kappa shape index (κ1) is 15.7. The largest absolute Gasteiger partial charge is 0.294 e. The van der Waals surface area contributed by atoms with Gasteiger partial charge in [-0.3, -0.25) is 9.71 Å². The van der Waals surface area contributed by atoms with Crippen LogP contribution in [-0.4, -0.2) is 29.8 Å².